The molecule has 1 aliphatic rings. The number of halogens is 2. The van der Waals surface area contributed by atoms with Gasteiger partial charge in [-0.1, -0.05) is 32.4 Å². The summed E-state index contributed by atoms with van der Waals surface area (Å²) in [5.74, 6) is 0.854. The van der Waals surface area contributed by atoms with Crippen molar-refractivity contribution < 1.29 is 10.0 Å². The van der Waals surface area contributed by atoms with Crippen molar-refractivity contribution in [3.63, 3.8) is 0 Å². The molecule has 140 valence electrons. The maximum atomic E-state index is 11.0. The van der Waals surface area contributed by atoms with E-state index >= 15 is 0 Å². The fraction of sp³-hybridized carbons (Fsp3) is 0.556. The number of hydrogen-bond donors (Lipinski definition) is 3. The van der Waals surface area contributed by atoms with Crippen molar-refractivity contribution >= 4 is 41.8 Å². The van der Waals surface area contributed by atoms with Gasteiger partial charge >= 0.3 is 0 Å². The van der Waals surface area contributed by atoms with Crippen molar-refractivity contribution in [3.8, 4) is 0 Å². The molecule has 1 aromatic heterocycles. The normalized spacial score (nSPS) is 20.8. The number of nitrogens with zero attached hydrogens (tertiary/aromatic N) is 1. The van der Waals surface area contributed by atoms with Gasteiger partial charge in [0.25, 0.3) is 5.91 Å². The van der Waals surface area contributed by atoms with Crippen molar-refractivity contribution in [2.24, 2.45) is 11.3 Å². The maximum Gasteiger partial charge on any atom is 0.267 e. The summed E-state index contributed by atoms with van der Waals surface area (Å²) >= 11 is 6.29. The van der Waals surface area contributed by atoms with Gasteiger partial charge in [0, 0.05) is 18.3 Å². The van der Waals surface area contributed by atoms with E-state index in [9.17, 15) is 4.79 Å². The molecule has 0 unspecified atom stereocenters. The summed E-state index contributed by atoms with van der Waals surface area (Å²) < 4.78 is 0. The zero-order valence-corrected chi connectivity index (χ0v) is 16.5. The second-order valence-corrected chi connectivity index (χ2v) is 7.87. The zero-order chi connectivity index (χ0) is 17.7. The summed E-state index contributed by atoms with van der Waals surface area (Å²) in [4.78, 5) is 15.3. The van der Waals surface area contributed by atoms with Gasteiger partial charge in [0.05, 0.1) is 5.02 Å². The van der Waals surface area contributed by atoms with Crippen LogP contribution in [-0.4, -0.2) is 22.1 Å². The van der Waals surface area contributed by atoms with Crippen LogP contribution in [0.4, 0.5) is 5.82 Å². The number of hydrogen-bond acceptors (Lipinski definition) is 4. The number of rotatable bonds is 4. The highest BCUT2D eigenvalue weighted by Crippen LogP contribution is 2.38. The van der Waals surface area contributed by atoms with Gasteiger partial charge in [-0.2, -0.15) is 0 Å². The van der Waals surface area contributed by atoms with Crippen molar-refractivity contribution in [1.82, 2.24) is 10.5 Å². The van der Waals surface area contributed by atoms with Gasteiger partial charge in [0.2, 0.25) is 0 Å². The lowest BCUT2D eigenvalue weighted by Crippen LogP contribution is -2.31. The minimum atomic E-state index is -0.594. The molecule has 1 saturated carbocycles. The van der Waals surface area contributed by atoms with Gasteiger partial charge in [0.15, 0.2) is 0 Å². The lowest BCUT2D eigenvalue weighted by atomic mass is 9.71. The Hall–Kier alpha value is -1.30. The van der Waals surface area contributed by atoms with Gasteiger partial charge in [-0.15, -0.1) is 12.4 Å². The van der Waals surface area contributed by atoms with Crippen LogP contribution >= 0.6 is 24.0 Å². The summed E-state index contributed by atoms with van der Waals surface area (Å²) in [5.41, 5.74) is 2.61. The van der Waals surface area contributed by atoms with Crippen LogP contribution in [0.1, 0.15) is 52.0 Å². The third-order valence-corrected chi connectivity index (χ3v) is 4.98. The Morgan fingerprint density at radius 1 is 1.32 bits per heavy atom. The van der Waals surface area contributed by atoms with E-state index in [1.807, 2.05) is 0 Å². The fourth-order valence-electron chi connectivity index (χ4n) is 3.16. The third kappa shape index (κ3) is 6.49. The second kappa shape index (κ2) is 9.41. The molecule has 0 saturated heterocycles. The van der Waals surface area contributed by atoms with Gasteiger partial charge in [-0.3, -0.25) is 10.0 Å². The third-order valence-electron chi connectivity index (χ3n) is 4.69. The zero-order valence-electron chi connectivity index (χ0n) is 14.9. The van der Waals surface area contributed by atoms with Crippen molar-refractivity contribution in [3.05, 3.63) is 28.9 Å². The maximum absolute atomic E-state index is 11.0. The molecule has 0 aromatic carbocycles. The summed E-state index contributed by atoms with van der Waals surface area (Å²) in [5, 5.41) is 12.4. The molecule has 1 fully saturated rings. The van der Waals surface area contributed by atoms with E-state index in [-0.39, 0.29) is 12.4 Å². The lowest BCUT2D eigenvalue weighted by molar-refractivity contribution is -0.124. The minimum Gasteiger partial charge on any atom is -0.366 e. The lowest BCUT2D eigenvalue weighted by Gasteiger charge is -2.37. The molecule has 1 amide bonds. The van der Waals surface area contributed by atoms with Gasteiger partial charge < -0.3 is 5.32 Å². The fourth-order valence-corrected chi connectivity index (χ4v) is 3.39. The first-order valence-electron chi connectivity index (χ1n) is 8.34. The van der Waals surface area contributed by atoms with Crippen LogP contribution in [0, 0.1) is 11.3 Å². The predicted octanol–water partition coefficient (Wildman–Crippen LogP) is 4.69. The van der Waals surface area contributed by atoms with E-state index in [4.69, 9.17) is 16.8 Å². The number of amides is 1. The van der Waals surface area contributed by atoms with Crippen LogP contribution < -0.4 is 10.8 Å². The van der Waals surface area contributed by atoms with Crippen LogP contribution in [-0.2, 0) is 4.79 Å². The quantitative estimate of drug-likeness (QED) is 0.397. The van der Waals surface area contributed by atoms with Gasteiger partial charge in [0.1, 0.15) is 5.82 Å². The number of aromatic nitrogens is 1. The van der Waals surface area contributed by atoms with Crippen LogP contribution in [0.15, 0.2) is 18.3 Å². The summed E-state index contributed by atoms with van der Waals surface area (Å²) in [6.07, 6.45) is 9.09. The molecule has 2 rings (SSSR count). The average molecular weight is 388 g/mol. The van der Waals surface area contributed by atoms with Gasteiger partial charge in [-0.05, 0) is 54.7 Å². The summed E-state index contributed by atoms with van der Waals surface area (Å²) in [6.45, 7) is 6.94. The summed E-state index contributed by atoms with van der Waals surface area (Å²) in [7, 11) is 0. The van der Waals surface area contributed by atoms with E-state index in [1.165, 1.54) is 24.4 Å². The molecular weight excluding hydrogens is 361 g/mol. The van der Waals surface area contributed by atoms with Gasteiger partial charge in [-0.25, -0.2) is 10.5 Å². The highest BCUT2D eigenvalue weighted by atomic mass is 35.5. The van der Waals surface area contributed by atoms with E-state index in [0.29, 0.717) is 27.9 Å². The van der Waals surface area contributed by atoms with Crippen molar-refractivity contribution in [2.75, 3.05) is 5.32 Å². The van der Waals surface area contributed by atoms with Crippen LogP contribution in [0.3, 0.4) is 0 Å². The van der Waals surface area contributed by atoms with E-state index < -0.39 is 5.91 Å². The number of anilines is 1. The summed E-state index contributed by atoms with van der Waals surface area (Å²) in [6, 6.07) is 2.15. The monoisotopic (exact) mass is 387 g/mol. The Labute approximate surface area is 160 Å². The molecule has 0 atom stereocenters. The first-order chi connectivity index (χ1) is 11.3. The largest absolute Gasteiger partial charge is 0.366 e. The number of nitrogens with one attached hydrogen (secondary N) is 2. The second-order valence-electron chi connectivity index (χ2n) is 7.47. The van der Waals surface area contributed by atoms with Crippen molar-refractivity contribution in [1.29, 1.82) is 0 Å². The molecular formula is C18H27Cl2N3O2. The number of carbonyl (C=O) groups excluding carboxylic acids is 1. The standard InChI is InChI=1S/C18H26ClN3O2.ClH/c1-18(2,3)13-5-7-14(8-6-13)21-17-15(19)10-12(11-20-17)4-9-16(23)22-24;/h4,9-11,13-14,24H,5-8H2,1-3H3,(H,20,21)(H,22,23);1H/b9-4+;. The first kappa shape index (κ1) is 21.7. The van der Waals surface area contributed by atoms with E-state index in [2.05, 4.69) is 31.1 Å². The Kier molecular flexibility index (Phi) is 8.19. The molecule has 0 bridgehead atoms. The minimum absolute atomic E-state index is 0. The highest BCUT2D eigenvalue weighted by molar-refractivity contribution is 6.33. The topological polar surface area (TPSA) is 74.2 Å². The number of carbonyl (C=O) groups is 1. The molecule has 5 nitrogen and oxygen atoms in total. The van der Waals surface area contributed by atoms with Crippen molar-refractivity contribution in [2.45, 2.75) is 52.5 Å². The predicted molar refractivity (Wildman–Crippen MR) is 104 cm³/mol. The Morgan fingerprint density at radius 3 is 2.48 bits per heavy atom. The average Bonchev–Trinajstić information content (AvgIpc) is 2.54. The molecule has 0 aliphatic heterocycles. The number of pyridine rings is 1. The Bertz CT molecular complexity index is 607. The molecule has 0 radical (unpaired) electrons. The molecule has 0 spiro atoms. The molecule has 25 heavy (non-hydrogen) atoms. The van der Waals surface area contributed by atoms with Crippen LogP contribution in [0.5, 0.6) is 0 Å². The Morgan fingerprint density at radius 2 is 1.96 bits per heavy atom. The van der Waals surface area contributed by atoms with E-state index in [1.54, 1.807) is 18.3 Å². The first-order valence-corrected chi connectivity index (χ1v) is 8.71. The Balaban J connectivity index is 0.00000312. The van der Waals surface area contributed by atoms with E-state index in [0.717, 1.165) is 18.8 Å². The smallest absolute Gasteiger partial charge is 0.267 e. The molecule has 7 heteroatoms. The number of hydroxylamine groups is 1. The SMILES string of the molecule is CC(C)(C)C1CCC(Nc2ncc(/C=C/C(=O)NO)cc2Cl)CC1.Cl. The molecule has 3 N–H and O–H groups in total. The van der Waals surface area contributed by atoms with Crippen LogP contribution in [0.2, 0.25) is 5.02 Å². The molecule has 1 aliphatic carbocycles. The highest BCUT2D eigenvalue weighted by Gasteiger charge is 2.29. The molecule has 1 heterocycles. The van der Waals surface area contributed by atoms with Crippen LogP contribution in [0.25, 0.3) is 6.08 Å². The molecule has 1 aromatic rings.